The van der Waals surface area contributed by atoms with Crippen molar-refractivity contribution in [1.29, 1.82) is 0 Å². The number of hydrogen-bond acceptors (Lipinski definition) is 4. The van der Waals surface area contributed by atoms with E-state index >= 15 is 0 Å². The molecule has 7 heteroatoms. The molecule has 23 heavy (non-hydrogen) atoms. The van der Waals surface area contributed by atoms with Gasteiger partial charge in [-0.2, -0.15) is 0 Å². The Bertz CT molecular complexity index is 833. The number of carbonyl (C=O) groups excluding carboxylic acids is 1. The molecule has 0 aliphatic rings. The van der Waals surface area contributed by atoms with Crippen molar-refractivity contribution in [3.8, 4) is 11.5 Å². The Balaban J connectivity index is 1.67. The van der Waals surface area contributed by atoms with Crippen LogP contribution in [0.5, 0.6) is 0 Å². The normalized spacial score (nSPS) is 10.5. The summed E-state index contributed by atoms with van der Waals surface area (Å²) in [5, 5.41) is 11.3. The minimum atomic E-state index is -0.219. The number of carbonyl (C=O) groups is 1. The van der Waals surface area contributed by atoms with Gasteiger partial charge in [-0.15, -0.1) is 10.2 Å². The van der Waals surface area contributed by atoms with Gasteiger partial charge in [0.05, 0.1) is 12.1 Å². The first-order chi connectivity index (χ1) is 11.1. The van der Waals surface area contributed by atoms with Crippen LogP contribution in [0.4, 0.5) is 0 Å². The van der Waals surface area contributed by atoms with Gasteiger partial charge in [-0.05, 0) is 52.3 Å². The fourth-order valence-electron chi connectivity index (χ4n) is 1.93. The third-order valence-electron chi connectivity index (χ3n) is 3.08. The van der Waals surface area contributed by atoms with E-state index in [9.17, 15) is 4.79 Å². The molecule has 0 aliphatic carbocycles. The molecular formula is C16H11BrClN3O2. The second-order valence-electron chi connectivity index (χ2n) is 4.67. The van der Waals surface area contributed by atoms with Gasteiger partial charge in [-0.1, -0.05) is 23.7 Å². The molecule has 0 radical (unpaired) electrons. The Morgan fingerprint density at radius 3 is 2.61 bits per heavy atom. The van der Waals surface area contributed by atoms with Crippen LogP contribution in [0.15, 0.2) is 57.4 Å². The predicted octanol–water partition coefficient (Wildman–Crippen LogP) is 4.08. The highest BCUT2D eigenvalue weighted by Gasteiger charge is 2.12. The van der Waals surface area contributed by atoms with Crippen molar-refractivity contribution in [2.45, 2.75) is 6.54 Å². The minimum absolute atomic E-state index is 0.154. The lowest BCUT2D eigenvalue weighted by molar-refractivity contribution is 0.0946. The number of nitrogens with zero attached hydrogens (tertiary/aromatic N) is 2. The largest absolute Gasteiger partial charge is 0.419 e. The van der Waals surface area contributed by atoms with Crippen molar-refractivity contribution in [3.63, 3.8) is 0 Å². The molecule has 0 saturated carbocycles. The number of amides is 1. The zero-order valence-electron chi connectivity index (χ0n) is 11.8. The van der Waals surface area contributed by atoms with Crippen molar-refractivity contribution in [2.75, 3.05) is 0 Å². The molecule has 1 aromatic heterocycles. The molecule has 3 aromatic rings. The fourth-order valence-corrected chi connectivity index (χ4v) is 2.52. The van der Waals surface area contributed by atoms with Crippen molar-refractivity contribution < 1.29 is 9.21 Å². The third kappa shape index (κ3) is 3.78. The molecular weight excluding hydrogens is 382 g/mol. The first kappa shape index (κ1) is 15.7. The van der Waals surface area contributed by atoms with Crippen LogP contribution in [-0.4, -0.2) is 16.1 Å². The summed E-state index contributed by atoms with van der Waals surface area (Å²) in [4.78, 5) is 12.1. The lowest BCUT2D eigenvalue weighted by Crippen LogP contribution is -2.23. The van der Waals surface area contributed by atoms with Crippen molar-refractivity contribution in [3.05, 3.63) is 69.5 Å². The Kier molecular flexibility index (Phi) is 4.73. The van der Waals surface area contributed by atoms with Gasteiger partial charge >= 0.3 is 0 Å². The molecule has 0 bridgehead atoms. The first-order valence-corrected chi connectivity index (χ1v) is 7.91. The molecule has 0 aliphatic heterocycles. The number of aromatic nitrogens is 2. The van der Waals surface area contributed by atoms with E-state index in [1.807, 2.05) is 6.07 Å². The molecule has 5 nitrogen and oxygen atoms in total. The maximum atomic E-state index is 12.1. The molecule has 0 fully saturated rings. The van der Waals surface area contributed by atoms with Gasteiger partial charge in [-0.25, -0.2) is 0 Å². The van der Waals surface area contributed by atoms with Gasteiger partial charge in [0.25, 0.3) is 5.91 Å². The zero-order valence-corrected chi connectivity index (χ0v) is 14.1. The monoisotopic (exact) mass is 391 g/mol. The number of halogens is 2. The van der Waals surface area contributed by atoms with E-state index < -0.39 is 0 Å². The van der Waals surface area contributed by atoms with Crippen LogP contribution in [0.3, 0.4) is 0 Å². The minimum Gasteiger partial charge on any atom is -0.419 e. The van der Waals surface area contributed by atoms with E-state index in [1.54, 1.807) is 42.5 Å². The molecule has 3 rings (SSSR count). The van der Waals surface area contributed by atoms with Gasteiger partial charge in [0.2, 0.25) is 11.8 Å². The molecule has 0 atom stereocenters. The van der Waals surface area contributed by atoms with Crippen LogP contribution < -0.4 is 5.32 Å². The highest BCUT2D eigenvalue weighted by Crippen LogP contribution is 2.20. The van der Waals surface area contributed by atoms with Crippen LogP contribution in [0, 0.1) is 0 Å². The molecule has 116 valence electrons. The summed E-state index contributed by atoms with van der Waals surface area (Å²) in [6.07, 6.45) is 0. The summed E-state index contributed by atoms with van der Waals surface area (Å²) >= 11 is 9.18. The van der Waals surface area contributed by atoms with Crippen LogP contribution in [0.25, 0.3) is 11.5 Å². The third-order valence-corrected chi connectivity index (χ3v) is 4.02. The summed E-state index contributed by atoms with van der Waals surface area (Å²) in [7, 11) is 0. The molecule has 1 N–H and O–H groups in total. The molecule has 0 spiro atoms. The average molecular weight is 393 g/mol. The second-order valence-corrected chi connectivity index (χ2v) is 5.96. The number of rotatable bonds is 4. The molecule has 2 aromatic carbocycles. The highest BCUT2D eigenvalue weighted by atomic mass is 79.9. The zero-order chi connectivity index (χ0) is 16.2. The number of benzene rings is 2. The summed E-state index contributed by atoms with van der Waals surface area (Å²) in [6.45, 7) is 0.154. The topological polar surface area (TPSA) is 68.0 Å². The van der Waals surface area contributed by atoms with Gasteiger partial charge < -0.3 is 9.73 Å². The van der Waals surface area contributed by atoms with Gasteiger partial charge in [0.1, 0.15) is 0 Å². The predicted molar refractivity (Wildman–Crippen MR) is 90.1 cm³/mol. The van der Waals surface area contributed by atoms with E-state index in [0.29, 0.717) is 22.4 Å². The van der Waals surface area contributed by atoms with Gasteiger partial charge in [-0.3, -0.25) is 4.79 Å². The number of hydrogen-bond donors (Lipinski definition) is 1. The lowest BCUT2D eigenvalue weighted by atomic mass is 10.2. The van der Waals surface area contributed by atoms with Crippen LogP contribution in [0.2, 0.25) is 5.02 Å². The molecule has 0 unspecified atom stereocenters. The van der Waals surface area contributed by atoms with Crippen molar-refractivity contribution in [2.24, 2.45) is 0 Å². The average Bonchev–Trinajstić information content (AvgIpc) is 3.03. The summed E-state index contributed by atoms with van der Waals surface area (Å²) in [5.74, 6) is 0.492. The lowest BCUT2D eigenvalue weighted by Gasteiger charge is -2.04. The summed E-state index contributed by atoms with van der Waals surface area (Å²) < 4.78 is 6.26. The van der Waals surface area contributed by atoms with Gasteiger partial charge in [0.15, 0.2) is 0 Å². The van der Waals surface area contributed by atoms with E-state index in [-0.39, 0.29) is 12.5 Å². The molecule has 1 amide bonds. The Morgan fingerprint density at radius 2 is 1.87 bits per heavy atom. The van der Waals surface area contributed by atoms with Crippen molar-refractivity contribution >= 4 is 33.4 Å². The Hall–Kier alpha value is -2.18. The number of nitrogens with one attached hydrogen (secondary N) is 1. The van der Waals surface area contributed by atoms with Crippen LogP contribution >= 0.6 is 27.5 Å². The van der Waals surface area contributed by atoms with E-state index in [2.05, 4.69) is 31.4 Å². The highest BCUT2D eigenvalue weighted by molar-refractivity contribution is 9.10. The SMILES string of the molecule is O=C(NCc1nnc(-c2ccc(Cl)cc2)o1)c1ccccc1Br. The maximum Gasteiger partial charge on any atom is 0.252 e. The van der Waals surface area contributed by atoms with Crippen LogP contribution in [-0.2, 0) is 6.54 Å². The van der Waals surface area contributed by atoms with E-state index in [1.165, 1.54) is 0 Å². The molecule has 1 heterocycles. The maximum absolute atomic E-state index is 12.1. The summed E-state index contributed by atoms with van der Waals surface area (Å²) in [5.41, 5.74) is 1.32. The van der Waals surface area contributed by atoms with Gasteiger partial charge in [0, 0.05) is 15.1 Å². The summed E-state index contributed by atoms with van der Waals surface area (Å²) in [6, 6.07) is 14.2. The Labute approximate surface area is 145 Å². The van der Waals surface area contributed by atoms with Crippen molar-refractivity contribution in [1.82, 2.24) is 15.5 Å². The second kappa shape index (κ2) is 6.93. The smallest absolute Gasteiger partial charge is 0.252 e. The standard InChI is InChI=1S/C16H11BrClN3O2/c17-13-4-2-1-3-12(13)15(22)19-9-14-20-21-16(23-14)10-5-7-11(18)8-6-10/h1-8H,9H2,(H,19,22). The fraction of sp³-hybridized carbons (Fsp3) is 0.0625. The van der Waals surface area contributed by atoms with E-state index in [4.69, 9.17) is 16.0 Å². The quantitative estimate of drug-likeness (QED) is 0.726. The van der Waals surface area contributed by atoms with Crippen LogP contribution in [0.1, 0.15) is 16.2 Å². The first-order valence-electron chi connectivity index (χ1n) is 6.74. The Morgan fingerprint density at radius 1 is 1.13 bits per heavy atom. The molecule has 0 saturated heterocycles. The van der Waals surface area contributed by atoms with E-state index in [0.717, 1.165) is 10.0 Å².